The molecule has 1 fully saturated rings. The van der Waals surface area contributed by atoms with Gasteiger partial charge in [0.25, 0.3) is 11.7 Å². The average molecular weight is 380 g/mol. The molecule has 1 atom stereocenters. The minimum Gasteiger partial charge on any atom is -0.507 e. The van der Waals surface area contributed by atoms with Crippen LogP contribution in [0.25, 0.3) is 5.76 Å². The summed E-state index contributed by atoms with van der Waals surface area (Å²) in [6, 6.07) is 15.4. The second-order valence-corrected chi connectivity index (χ2v) is 6.93. The zero-order valence-electron chi connectivity index (χ0n) is 16.3. The van der Waals surface area contributed by atoms with Crippen LogP contribution in [0.4, 0.5) is 0 Å². The number of aliphatic hydroxyl groups excluding tert-OH is 1. The molecule has 1 aliphatic rings. The number of hydrogen-bond donors (Lipinski definition) is 1. The fourth-order valence-electron chi connectivity index (χ4n) is 3.30. The van der Waals surface area contributed by atoms with Crippen LogP contribution >= 0.6 is 0 Å². The summed E-state index contributed by atoms with van der Waals surface area (Å²) in [4.78, 5) is 29.1. The summed E-state index contributed by atoms with van der Waals surface area (Å²) in [5, 5.41) is 10.9. The predicted octanol–water partition coefficient (Wildman–Crippen LogP) is 2.68. The number of benzene rings is 2. The number of likely N-dealkylation sites (N-methyl/N-ethyl adjacent to an activating group) is 1. The third-order valence-electron chi connectivity index (χ3n) is 4.81. The molecule has 6 nitrogen and oxygen atoms in total. The lowest BCUT2D eigenvalue weighted by Gasteiger charge is -2.26. The van der Waals surface area contributed by atoms with Crippen LogP contribution in [0.5, 0.6) is 5.75 Å². The van der Waals surface area contributed by atoms with Gasteiger partial charge in [0.15, 0.2) is 0 Å². The van der Waals surface area contributed by atoms with Crippen LogP contribution in [0.1, 0.15) is 17.2 Å². The number of methoxy groups -OCH3 is 1. The van der Waals surface area contributed by atoms with Gasteiger partial charge in [0.2, 0.25) is 0 Å². The zero-order valence-corrected chi connectivity index (χ0v) is 16.3. The second kappa shape index (κ2) is 8.27. The minimum absolute atomic E-state index is 0.111. The second-order valence-electron chi connectivity index (χ2n) is 6.93. The summed E-state index contributed by atoms with van der Waals surface area (Å²) >= 11 is 0. The molecular weight excluding hydrogens is 356 g/mol. The molecule has 0 aliphatic carbocycles. The first kappa shape index (κ1) is 19.6. The lowest BCUT2D eigenvalue weighted by atomic mass is 9.95. The topological polar surface area (TPSA) is 70.1 Å². The Bertz CT molecular complexity index is 889. The standard InChI is InChI=1S/C22H24N2O4/c1-23(2)13-14-24-19(15-7-5-4-6-8-15)18(21(26)22(24)27)20(25)16-9-11-17(28-3)12-10-16/h4-12,19,25H,13-14H2,1-3H3/t19-/m1/s1. The maximum atomic E-state index is 12.8. The number of rotatable bonds is 6. The highest BCUT2D eigenvalue weighted by Crippen LogP contribution is 2.39. The van der Waals surface area contributed by atoms with Gasteiger partial charge in [-0.3, -0.25) is 9.59 Å². The maximum Gasteiger partial charge on any atom is 0.295 e. The molecular formula is C22H24N2O4. The van der Waals surface area contributed by atoms with Gasteiger partial charge in [-0.15, -0.1) is 0 Å². The number of ether oxygens (including phenoxy) is 1. The van der Waals surface area contributed by atoms with E-state index < -0.39 is 17.7 Å². The van der Waals surface area contributed by atoms with Gasteiger partial charge in [0, 0.05) is 18.7 Å². The summed E-state index contributed by atoms with van der Waals surface area (Å²) in [6.07, 6.45) is 0. The Morgan fingerprint density at radius 3 is 2.29 bits per heavy atom. The molecule has 0 spiro atoms. The van der Waals surface area contributed by atoms with Crippen molar-refractivity contribution in [3.05, 3.63) is 71.3 Å². The van der Waals surface area contributed by atoms with Crippen LogP contribution in [0.3, 0.4) is 0 Å². The van der Waals surface area contributed by atoms with Crippen LogP contribution in [0.15, 0.2) is 60.2 Å². The third kappa shape index (κ3) is 3.77. The summed E-state index contributed by atoms with van der Waals surface area (Å²) in [5.74, 6) is -0.795. The van der Waals surface area contributed by atoms with Gasteiger partial charge in [0.05, 0.1) is 18.7 Å². The minimum atomic E-state index is -0.666. The molecule has 1 saturated heterocycles. The normalized spacial score (nSPS) is 18.7. The zero-order chi connectivity index (χ0) is 20.3. The van der Waals surface area contributed by atoms with Gasteiger partial charge in [0.1, 0.15) is 11.5 Å². The number of aliphatic hydroxyl groups is 1. The van der Waals surface area contributed by atoms with E-state index in [4.69, 9.17) is 4.74 Å². The summed E-state index contributed by atoms with van der Waals surface area (Å²) in [5.41, 5.74) is 1.36. The molecule has 3 rings (SSSR count). The van der Waals surface area contributed by atoms with Gasteiger partial charge in [-0.05, 0) is 43.9 Å². The number of carbonyl (C=O) groups is 2. The Balaban J connectivity index is 2.10. The first-order valence-corrected chi connectivity index (χ1v) is 9.06. The van der Waals surface area contributed by atoms with Crippen molar-refractivity contribution in [2.75, 3.05) is 34.3 Å². The molecule has 2 aromatic rings. The maximum absolute atomic E-state index is 12.8. The summed E-state index contributed by atoms with van der Waals surface area (Å²) in [7, 11) is 5.37. The van der Waals surface area contributed by atoms with Gasteiger partial charge < -0.3 is 19.6 Å². The predicted molar refractivity (Wildman–Crippen MR) is 107 cm³/mol. The number of carbonyl (C=O) groups excluding carboxylic acids is 2. The van der Waals surface area contributed by atoms with Crippen molar-refractivity contribution in [2.45, 2.75) is 6.04 Å². The SMILES string of the molecule is COc1ccc(C(O)=C2C(=O)C(=O)N(CCN(C)C)[C@@H]2c2ccccc2)cc1. The first-order valence-electron chi connectivity index (χ1n) is 9.06. The number of hydrogen-bond acceptors (Lipinski definition) is 5. The Morgan fingerprint density at radius 2 is 1.71 bits per heavy atom. The van der Waals surface area contributed by atoms with E-state index in [1.54, 1.807) is 31.4 Å². The highest BCUT2D eigenvalue weighted by atomic mass is 16.5. The van der Waals surface area contributed by atoms with E-state index >= 15 is 0 Å². The molecule has 146 valence electrons. The Kier molecular flexibility index (Phi) is 5.80. The van der Waals surface area contributed by atoms with Crippen molar-refractivity contribution in [1.82, 2.24) is 9.80 Å². The quantitative estimate of drug-likeness (QED) is 0.474. The number of ketones is 1. The summed E-state index contributed by atoms with van der Waals surface area (Å²) < 4.78 is 5.14. The number of nitrogens with zero attached hydrogens (tertiary/aromatic N) is 2. The number of amides is 1. The van der Waals surface area contributed by atoms with E-state index in [2.05, 4.69) is 0 Å². The molecule has 0 bridgehead atoms. The van der Waals surface area contributed by atoms with Crippen molar-refractivity contribution >= 4 is 17.4 Å². The molecule has 2 aromatic carbocycles. The van der Waals surface area contributed by atoms with Gasteiger partial charge >= 0.3 is 0 Å². The lowest BCUT2D eigenvalue weighted by molar-refractivity contribution is -0.140. The number of Topliss-reactive ketones (excluding diaryl/α,β-unsaturated/α-hetero) is 1. The van der Waals surface area contributed by atoms with Crippen molar-refractivity contribution in [1.29, 1.82) is 0 Å². The van der Waals surface area contributed by atoms with Crippen LogP contribution in [-0.2, 0) is 9.59 Å². The van der Waals surface area contributed by atoms with Gasteiger partial charge in [-0.25, -0.2) is 0 Å². The van der Waals surface area contributed by atoms with E-state index in [1.165, 1.54) is 4.90 Å². The van der Waals surface area contributed by atoms with Crippen molar-refractivity contribution in [2.24, 2.45) is 0 Å². The molecule has 1 amide bonds. The van der Waals surface area contributed by atoms with Crippen molar-refractivity contribution in [3.8, 4) is 5.75 Å². The van der Waals surface area contributed by atoms with E-state index in [-0.39, 0.29) is 11.3 Å². The molecule has 28 heavy (non-hydrogen) atoms. The van der Waals surface area contributed by atoms with E-state index in [1.807, 2.05) is 49.3 Å². The Labute approximate surface area is 164 Å². The van der Waals surface area contributed by atoms with Crippen LogP contribution in [0.2, 0.25) is 0 Å². The molecule has 0 aromatic heterocycles. The first-order chi connectivity index (χ1) is 13.4. The third-order valence-corrected chi connectivity index (χ3v) is 4.81. The van der Waals surface area contributed by atoms with Crippen molar-refractivity contribution in [3.63, 3.8) is 0 Å². The van der Waals surface area contributed by atoms with Crippen LogP contribution in [-0.4, -0.2) is 60.9 Å². The highest BCUT2D eigenvalue weighted by Gasteiger charge is 2.45. The average Bonchev–Trinajstić information content (AvgIpc) is 2.97. The molecule has 0 saturated carbocycles. The molecule has 1 N–H and O–H groups in total. The largest absolute Gasteiger partial charge is 0.507 e. The van der Waals surface area contributed by atoms with E-state index in [0.29, 0.717) is 24.4 Å². The van der Waals surface area contributed by atoms with E-state index in [0.717, 1.165) is 5.56 Å². The molecule has 0 unspecified atom stereocenters. The highest BCUT2D eigenvalue weighted by molar-refractivity contribution is 6.46. The monoisotopic (exact) mass is 380 g/mol. The Morgan fingerprint density at radius 1 is 1.07 bits per heavy atom. The van der Waals surface area contributed by atoms with Gasteiger partial charge in [-0.2, -0.15) is 0 Å². The molecule has 0 radical (unpaired) electrons. The summed E-state index contributed by atoms with van der Waals surface area (Å²) in [6.45, 7) is 0.995. The molecule has 1 aliphatic heterocycles. The fraction of sp³-hybridized carbons (Fsp3) is 0.273. The Hall–Kier alpha value is -3.12. The van der Waals surface area contributed by atoms with Gasteiger partial charge in [-0.1, -0.05) is 30.3 Å². The number of likely N-dealkylation sites (tertiary alicyclic amines) is 1. The molecule has 1 heterocycles. The van der Waals surface area contributed by atoms with Crippen molar-refractivity contribution < 1.29 is 19.4 Å². The van der Waals surface area contributed by atoms with Crippen LogP contribution < -0.4 is 4.74 Å². The molecule has 6 heteroatoms. The van der Waals surface area contributed by atoms with E-state index in [9.17, 15) is 14.7 Å². The lowest BCUT2D eigenvalue weighted by Crippen LogP contribution is -2.35. The van der Waals surface area contributed by atoms with Crippen LogP contribution in [0, 0.1) is 0 Å². The fourth-order valence-corrected chi connectivity index (χ4v) is 3.30. The smallest absolute Gasteiger partial charge is 0.295 e.